The average Bonchev–Trinajstić information content (AvgIpc) is 2.53. The van der Waals surface area contributed by atoms with Crippen LogP contribution in [0.5, 0.6) is 0 Å². The molecule has 2 aromatic carbocycles. The highest BCUT2D eigenvalue weighted by molar-refractivity contribution is 5.51. The van der Waals surface area contributed by atoms with Crippen LogP contribution in [0.2, 0.25) is 0 Å². The predicted molar refractivity (Wildman–Crippen MR) is 87.1 cm³/mol. The molecular weight excluding hydrogens is 280 g/mol. The minimum atomic E-state index is -0.601. The lowest BCUT2D eigenvalue weighted by Crippen LogP contribution is -2.28. The molecule has 1 atom stereocenters. The summed E-state index contributed by atoms with van der Waals surface area (Å²) < 4.78 is 0. The third-order valence-electron chi connectivity index (χ3n) is 3.66. The minimum Gasteiger partial charge on any atom is -0.387 e. The van der Waals surface area contributed by atoms with Gasteiger partial charge in [-0.3, -0.25) is 10.1 Å². The summed E-state index contributed by atoms with van der Waals surface area (Å²) in [7, 11) is 0. The second-order valence-corrected chi connectivity index (χ2v) is 5.24. The number of hydrogen-bond donors (Lipinski definition) is 1. The molecule has 0 heterocycles. The van der Waals surface area contributed by atoms with E-state index in [2.05, 4.69) is 0 Å². The molecule has 0 saturated heterocycles. The Bertz CT molecular complexity index is 623. The first-order chi connectivity index (χ1) is 10.5. The number of aryl methyl sites for hydroxylation is 1. The Labute approximate surface area is 130 Å². The van der Waals surface area contributed by atoms with Crippen LogP contribution in [0, 0.1) is 17.0 Å². The van der Waals surface area contributed by atoms with Gasteiger partial charge < -0.3 is 10.0 Å². The molecule has 22 heavy (non-hydrogen) atoms. The molecule has 5 heteroatoms. The van der Waals surface area contributed by atoms with Crippen molar-refractivity contribution in [2.45, 2.75) is 20.0 Å². The van der Waals surface area contributed by atoms with E-state index in [0.717, 1.165) is 16.8 Å². The molecule has 0 radical (unpaired) electrons. The predicted octanol–water partition coefficient (Wildman–Crippen LogP) is 3.46. The largest absolute Gasteiger partial charge is 0.387 e. The second kappa shape index (κ2) is 7.04. The number of aliphatic hydroxyl groups is 1. The van der Waals surface area contributed by atoms with Gasteiger partial charge in [-0.2, -0.15) is 0 Å². The molecule has 2 aromatic rings. The highest BCUT2D eigenvalue weighted by Gasteiger charge is 2.14. The van der Waals surface area contributed by atoms with E-state index < -0.39 is 11.0 Å². The first kappa shape index (κ1) is 16.0. The fraction of sp³-hybridized carbons (Fsp3) is 0.294. The van der Waals surface area contributed by atoms with Crippen LogP contribution >= 0.6 is 0 Å². The van der Waals surface area contributed by atoms with Gasteiger partial charge in [-0.25, -0.2) is 0 Å². The molecule has 0 aliphatic rings. The zero-order valence-corrected chi connectivity index (χ0v) is 12.8. The summed E-state index contributed by atoms with van der Waals surface area (Å²) in [5.74, 6) is 0. The molecule has 0 fully saturated rings. The van der Waals surface area contributed by atoms with Gasteiger partial charge in [0, 0.05) is 30.9 Å². The Morgan fingerprint density at radius 1 is 1.14 bits per heavy atom. The van der Waals surface area contributed by atoms with Crippen molar-refractivity contribution in [2.24, 2.45) is 0 Å². The molecule has 0 amide bonds. The lowest BCUT2D eigenvalue weighted by Gasteiger charge is -2.26. The average molecular weight is 300 g/mol. The third-order valence-corrected chi connectivity index (χ3v) is 3.66. The van der Waals surface area contributed by atoms with Crippen molar-refractivity contribution in [1.29, 1.82) is 0 Å². The SMILES string of the molecule is CCN(CC(O)c1ccc(C)cc1)c1ccc([N+](=O)[O-])cc1. The molecule has 1 N–H and O–H groups in total. The molecule has 0 aliphatic carbocycles. The molecule has 1 unspecified atom stereocenters. The van der Waals surface area contributed by atoms with Gasteiger partial charge in [-0.05, 0) is 31.5 Å². The number of nitro groups is 1. The second-order valence-electron chi connectivity index (χ2n) is 5.24. The molecule has 0 spiro atoms. The standard InChI is InChI=1S/C17H20N2O3/c1-3-18(15-8-10-16(11-9-15)19(21)22)12-17(20)14-6-4-13(2)5-7-14/h4-11,17,20H,3,12H2,1-2H3. The smallest absolute Gasteiger partial charge is 0.269 e. The number of nitrogens with zero attached hydrogens (tertiary/aromatic N) is 2. The Kier molecular flexibility index (Phi) is 5.12. The van der Waals surface area contributed by atoms with E-state index in [0.29, 0.717) is 13.1 Å². The molecule has 0 aromatic heterocycles. The topological polar surface area (TPSA) is 66.6 Å². The van der Waals surface area contributed by atoms with E-state index in [1.165, 1.54) is 12.1 Å². The van der Waals surface area contributed by atoms with Gasteiger partial charge in [-0.15, -0.1) is 0 Å². The zero-order chi connectivity index (χ0) is 16.1. The van der Waals surface area contributed by atoms with Crippen molar-refractivity contribution in [3.8, 4) is 0 Å². The van der Waals surface area contributed by atoms with Crippen LogP contribution in [-0.2, 0) is 0 Å². The summed E-state index contributed by atoms with van der Waals surface area (Å²) in [6.45, 7) is 5.15. The summed E-state index contributed by atoms with van der Waals surface area (Å²) in [4.78, 5) is 12.3. The number of rotatable bonds is 6. The van der Waals surface area contributed by atoms with Crippen molar-refractivity contribution in [3.05, 3.63) is 69.8 Å². The highest BCUT2D eigenvalue weighted by Crippen LogP contribution is 2.22. The van der Waals surface area contributed by atoms with E-state index in [1.54, 1.807) is 12.1 Å². The molecule has 0 saturated carbocycles. The quantitative estimate of drug-likeness (QED) is 0.655. The van der Waals surface area contributed by atoms with Crippen LogP contribution in [0.4, 0.5) is 11.4 Å². The molecule has 5 nitrogen and oxygen atoms in total. The fourth-order valence-corrected chi connectivity index (χ4v) is 2.31. The van der Waals surface area contributed by atoms with Crippen LogP contribution in [-0.4, -0.2) is 23.1 Å². The maximum absolute atomic E-state index is 10.7. The number of benzene rings is 2. The summed E-state index contributed by atoms with van der Waals surface area (Å²) in [6, 6.07) is 14.2. The number of anilines is 1. The Balaban J connectivity index is 2.11. The number of non-ortho nitro benzene ring substituents is 1. The number of hydrogen-bond acceptors (Lipinski definition) is 4. The number of nitro benzene ring substituents is 1. The van der Waals surface area contributed by atoms with Crippen LogP contribution < -0.4 is 4.90 Å². The van der Waals surface area contributed by atoms with E-state index >= 15 is 0 Å². The Morgan fingerprint density at radius 3 is 2.23 bits per heavy atom. The highest BCUT2D eigenvalue weighted by atomic mass is 16.6. The van der Waals surface area contributed by atoms with E-state index in [-0.39, 0.29) is 5.69 Å². The van der Waals surface area contributed by atoms with Crippen molar-refractivity contribution in [2.75, 3.05) is 18.0 Å². The van der Waals surface area contributed by atoms with Gasteiger partial charge in [0.05, 0.1) is 11.0 Å². The minimum absolute atomic E-state index is 0.0684. The molecule has 116 valence electrons. The maximum Gasteiger partial charge on any atom is 0.269 e. The van der Waals surface area contributed by atoms with Gasteiger partial charge in [0.2, 0.25) is 0 Å². The van der Waals surface area contributed by atoms with Gasteiger partial charge in [0.1, 0.15) is 0 Å². The summed E-state index contributed by atoms with van der Waals surface area (Å²) in [6.07, 6.45) is -0.601. The van der Waals surface area contributed by atoms with Gasteiger partial charge in [0.25, 0.3) is 5.69 Å². The van der Waals surface area contributed by atoms with Crippen LogP contribution in [0.1, 0.15) is 24.2 Å². The number of aliphatic hydroxyl groups excluding tert-OH is 1. The van der Waals surface area contributed by atoms with Gasteiger partial charge in [0.15, 0.2) is 0 Å². The summed E-state index contributed by atoms with van der Waals surface area (Å²) in [5.41, 5.74) is 2.95. The van der Waals surface area contributed by atoms with Crippen LogP contribution in [0.25, 0.3) is 0 Å². The lowest BCUT2D eigenvalue weighted by atomic mass is 10.1. The molecule has 0 aliphatic heterocycles. The van der Waals surface area contributed by atoms with E-state index in [1.807, 2.05) is 43.0 Å². The molecule has 0 bridgehead atoms. The normalized spacial score (nSPS) is 12.0. The lowest BCUT2D eigenvalue weighted by molar-refractivity contribution is -0.384. The van der Waals surface area contributed by atoms with Crippen molar-refractivity contribution >= 4 is 11.4 Å². The Morgan fingerprint density at radius 2 is 1.73 bits per heavy atom. The van der Waals surface area contributed by atoms with Gasteiger partial charge >= 0.3 is 0 Å². The fourth-order valence-electron chi connectivity index (χ4n) is 2.31. The third kappa shape index (κ3) is 3.83. The number of likely N-dealkylation sites (N-methyl/N-ethyl adjacent to an activating group) is 1. The van der Waals surface area contributed by atoms with Crippen molar-refractivity contribution in [1.82, 2.24) is 0 Å². The first-order valence-corrected chi connectivity index (χ1v) is 7.25. The summed E-state index contributed by atoms with van der Waals surface area (Å²) >= 11 is 0. The van der Waals surface area contributed by atoms with E-state index in [4.69, 9.17) is 0 Å². The molecule has 2 rings (SSSR count). The maximum atomic E-state index is 10.7. The first-order valence-electron chi connectivity index (χ1n) is 7.25. The van der Waals surface area contributed by atoms with Crippen molar-refractivity contribution < 1.29 is 10.0 Å². The van der Waals surface area contributed by atoms with Crippen LogP contribution in [0.15, 0.2) is 48.5 Å². The van der Waals surface area contributed by atoms with Crippen molar-refractivity contribution in [3.63, 3.8) is 0 Å². The van der Waals surface area contributed by atoms with Crippen LogP contribution in [0.3, 0.4) is 0 Å². The van der Waals surface area contributed by atoms with Gasteiger partial charge in [-0.1, -0.05) is 29.8 Å². The molecular formula is C17H20N2O3. The Hall–Kier alpha value is -2.40. The van der Waals surface area contributed by atoms with E-state index in [9.17, 15) is 15.2 Å². The summed E-state index contributed by atoms with van der Waals surface area (Å²) in [5, 5.41) is 21.1. The zero-order valence-electron chi connectivity index (χ0n) is 12.8. The monoisotopic (exact) mass is 300 g/mol.